The van der Waals surface area contributed by atoms with Crippen molar-refractivity contribution in [2.75, 3.05) is 24.6 Å². The molecular weight excluding hydrogens is 404 g/mol. The number of hydrogen-bond donors (Lipinski definition) is 0. The van der Waals surface area contributed by atoms with E-state index >= 15 is 0 Å². The maximum atomic E-state index is 12.6. The maximum absolute atomic E-state index is 12.6. The third kappa shape index (κ3) is 4.39. The average molecular weight is 433 g/mol. The van der Waals surface area contributed by atoms with E-state index in [2.05, 4.69) is 22.0 Å². The zero-order chi connectivity index (χ0) is 21.9. The molecule has 7 nitrogen and oxygen atoms in total. The van der Waals surface area contributed by atoms with Gasteiger partial charge in [0.1, 0.15) is 11.9 Å². The van der Waals surface area contributed by atoms with E-state index < -0.39 is 0 Å². The molecule has 2 fully saturated rings. The Kier molecular flexibility index (Phi) is 5.90. The third-order valence-corrected chi connectivity index (χ3v) is 6.29. The van der Waals surface area contributed by atoms with Crippen LogP contribution in [0.2, 0.25) is 0 Å². The number of hydrogen-bond acceptors (Lipinski definition) is 6. The number of morpholine rings is 1. The molecule has 32 heavy (non-hydrogen) atoms. The van der Waals surface area contributed by atoms with Gasteiger partial charge in [-0.2, -0.15) is 0 Å². The van der Waals surface area contributed by atoms with E-state index in [4.69, 9.17) is 14.5 Å². The quantitative estimate of drug-likeness (QED) is 0.612. The van der Waals surface area contributed by atoms with Crippen LogP contribution in [0.1, 0.15) is 37.4 Å². The minimum absolute atomic E-state index is 0.0849. The van der Waals surface area contributed by atoms with Gasteiger partial charge in [-0.05, 0) is 55.5 Å². The zero-order valence-corrected chi connectivity index (χ0v) is 18.3. The van der Waals surface area contributed by atoms with Gasteiger partial charge in [-0.3, -0.25) is 14.3 Å². The van der Waals surface area contributed by atoms with Crippen LogP contribution in [0, 0.1) is 0 Å². The predicted octanol–water partition coefficient (Wildman–Crippen LogP) is 3.74. The molecule has 7 heteroatoms. The molecule has 1 aliphatic carbocycles. The van der Waals surface area contributed by atoms with Crippen LogP contribution in [0.4, 0.5) is 5.95 Å². The highest BCUT2D eigenvalue weighted by atomic mass is 16.5. The molecule has 166 valence electrons. The lowest BCUT2D eigenvalue weighted by Gasteiger charge is -2.34. The molecule has 0 amide bonds. The molecule has 3 aromatic rings. The summed E-state index contributed by atoms with van der Waals surface area (Å²) < 4.78 is 13.8. The van der Waals surface area contributed by atoms with Crippen molar-refractivity contribution in [2.24, 2.45) is 7.05 Å². The van der Waals surface area contributed by atoms with E-state index in [1.165, 1.54) is 12.8 Å². The van der Waals surface area contributed by atoms with Gasteiger partial charge in [0, 0.05) is 37.6 Å². The number of anilines is 1. The standard InChI is InChI=1S/C25H28N4O3/c1-28-24(30)16-22(18-10-12-26-13-11-18)27-25(28)29-14-15-31-23(17-29)19-6-8-21(9-7-19)32-20-4-2-3-5-20/h6-13,16,20,23H,2-5,14-15,17H2,1H3. The zero-order valence-electron chi connectivity index (χ0n) is 18.3. The van der Waals surface area contributed by atoms with Crippen LogP contribution in [0.3, 0.4) is 0 Å². The summed E-state index contributed by atoms with van der Waals surface area (Å²) in [4.78, 5) is 23.6. The number of nitrogens with zero attached hydrogens (tertiary/aromatic N) is 4. The Morgan fingerprint density at radius 2 is 1.81 bits per heavy atom. The normalized spacial score (nSPS) is 19.3. The Morgan fingerprint density at radius 3 is 2.56 bits per heavy atom. The topological polar surface area (TPSA) is 69.5 Å². The SMILES string of the molecule is Cn1c(N2CCOC(c3ccc(OC4CCCC4)cc3)C2)nc(-c2ccncc2)cc1=O. The molecule has 1 aromatic carbocycles. The lowest BCUT2D eigenvalue weighted by atomic mass is 10.1. The first-order valence-electron chi connectivity index (χ1n) is 11.3. The second-order valence-corrected chi connectivity index (χ2v) is 8.47. The van der Waals surface area contributed by atoms with Crippen LogP contribution >= 0.6 is 0 Å². The highest BCUT2D eigenvalue weighted by Crippen LogP contribution is 2.29. The van der Waals surface area contributed by atoms with Crippen LogP contribution in [0.5, 0.6) is 5.75 Å². The smallest absolute Gasteiger partial charge is 0.255 e. The summed E-state index contributed by atoms with van der Waals surface area (Å²) in [7, 11) is 1.76. The highest BCUT2D eigenvalue weighted by Gasteiger charge is 2.25. The predicted molar refractivity (Wildman–Crippen MR) is 123 cm³/mol. The van der Waals surface area contributed by atoms with E-state index in [0.29, 0.717) is 37.4 Å². The molecule has 0 N–H and O–H groups in total. The molecule has 1 unspecified atom stereocenters. The fourth-order valence-electron chi connectivity index (χ4n) is 4.47. The molecule has 0 spiro atoms. The second kappa shape index (κ2) is 9.12. The summed E-state index contributed by atoms with van der Waals surface area (Å²) >= 11 is 0. The van der Waals surface area contributed by atoms with Gasteiger partial charge in [0.2, 0.25) is 5.95 Å². The van der Waals surface area contributed by atoms with Gasteiger partial charge in [0.05, 0.1) is 24.9 Å². The molecular formula is C25H28N4O3. The van der Waals surface area contributed by atoms with Crippen molar-refractivity contribution >= 4 is 5.95 Å². The van der Waals surface area contributed by atoms with Crippen molar-refractivity contribution in [3.8, 4) is 17.0 Å². The van der Waals surface area contributed by atoms with Crippen molar-refractivity contribution in [1.82, 2.24) is 14.5 Å². The summed E-state index contributed by atoms with van der Waals surface area (Å²) in [6.45, 7) is 1.88. The Balaban J connectivity index is 1.35. The van der Waals surface area contributed by atoms with E-state index in [1.54, 1.807) is 30.1 Å². The van der Waals surface area contributed by atoms with Crippen LogP contribution in [0.25, 0.3) is 11.3 Å². The third-order valence-electron chi connectivity index (χ3n) is 6.29. The van der Waals surface area contributed by atoms with Gasteiger partial charge in [-0.25, -0.2) is 4.98 Å². The highest BCUT2D eigenvalue weighted by molar-refractivity contribution is 5.59. The van der Waals surface area contributed by atoms with Gasteiger partial charge in [-0.15, -0.1) is 0 Å². The minimum atomic E-state index is -0.0919. The van der Waals surface area contributed by atoms with Gasteiger partial charge in [0.25, 0.3) is 5.56 Å². The number of aromatic nitrogens is 3. The Morgan fingerprint density at radius 1 is 1.06 bits per heavy atom. The van der Waals surface area contributed by atoms with Crippen LogP contribution in [0.15, 0.2) is 59.7 Å². The Labute approximate surface area is 187 Å². The van der Waals surface area contributed by atoms with Crippen molar-refractivity contribution < 1.29 is 9.47 Å². The Bertz CT molecular complexity index is 1110. The summed E-state index contributed by atoms with van der Waals surface area (Å²) in [5.74, 6) is 1.57. The van der Waals surface area contributed by atoms with Crippen LogP contribution in [-0.2, 0) is 11.8 Å². The maximum Gasteiger partial charge on any atom is 0.255 e. The average Bonchev–Trinajstić information content (AvgIpc) is 3.35. The molecule has 1 atom stereocenters. The van der Waals surface area contributed by atoms with Crippen LogP contribution < -0.4 is 15.2 Å². The van der Waals surface area contributed by atoms with Gasteiger partial charge in [-0.1, -0.05) is 12.1 Å². The Hall–Kier alpha value is -3.19. The lowest BCUT2D eigenvalue weighted by Crippen LogP contribution is -2.41. The molecule has 0 bridgehead atoms. The number of pyridine rings is 1. The summed E-state index contributed by atoms with van der Waals surface area (Å²) in [6, 6.07) is 13.5. The fourth-order valence-corrected chi connectivity index (χ4v) is 4.47. The second-order valence-electron chi connectivity index (χ2n) is 8.47. The minimum Gasteiger partial charge on any atom is -0.490 e. The van der Waals surface area contributed by atoms with Gasteiger partial charge >= 0.3 is 0 Å². The van der Waals surface area contributed by atoms with E-state index in [9.17, 15) is 4.79 Å². The van der Waals surface area contributed by atoms with Crippen molar-refractivity contribution in [1.29, 1.82) is 0 Å². The monoisotopic (exact) mass is 432 g/mol. The molecule has 2 aromatic heterocycles. The van der Waals surface area contributed by atoms with Gasteiger partial charge in [0.15, 0.2) is 0 Å². The van der Waals surface area contributed by atoms with Crippen molar-refractivity contribution in [3.63, 3.8) is 0 Å². The van der Waals surface area contributed by atoms with Crippen LogP contribution in [-0.4, -0.2) is 40.3 Å². The summed E-state index contributed by atoms with van der Waals surface area (Å²) in [6.07, 6.45) is 8.48. The summed E-state index contributed by atoms with van der Waals surface area (Å²) in [5, 5.41) is 0. The number of ether oxygens (including phenoxy) is 2. The van der Waals surface area contributed by atoms with Crippen molar-refractivity contribution in [2.45, 2.75) is 37.9 Å². The molecule has 1 aliphatic heterocycles. The number of rotatable bonds is 5. The first-order chi connectivity index (χ1) is 15.7. The molecule has 0 radical (unpaired) electrons. The first-order valence-corrected chi connectivity index (χ1v) is 11.3. The van der Waals surface area contributed by atoms with E-state index in [1.807, 2.05) is 24.3 Å². The summed E-state index contributed by atoms with van der Waals surface area (Å²) in [5.41, 5.74) is 2.55. The first kappa shape index (κ1) is 20.7. The molecule has 1 saturated carbocycles. The van der Waals surface area contributed by atoms with E-state index in [0.717, 1.165) is 29.7 Å². The number of benzene rings is 1. The molecule has 1 saturated heterocycles. The van der Waals surface area contributed by atoms with Crippen molar-refractivity contribution in [3.05, 3.63) is 70.8 Å². The molecule has 3 heterocycles. The lowest BCUT2D eigenvalue weighted by molar-refractivity contribution is 0.0389. The fraction of sp³-hybridized carbons (Fsp3) is 0.400. The molecule has 5 rings (SSSR count). The van der Waals surface area contributed by atoms with E-state index in [-0.39, 0.29) is 11.7 Å². The molecule has 2 aliphatic rings. The van der Waals surface area contributed by atoms with Gasteiger partial charge < -0.3 is 14.4 Å². The largest absolute Gasteiger partial charge is 0.490 e.